The number of likely N-dealkylation sites (tertiary alicyclic amines) is 1. The fourth-order valence-corrected chi connectivity index (χ4v) is 6.06. The zero-order chi connectivity index (χ0) is 28.3. The van der Waals surface area contributed by atoms with Crippen LogP contribution in [0.2, 0.25) is 5.02 Å². The lowest BCUT2D eigenvalue weighted by molar-refractivity contribution is -0.119. The first-order chi connectivity index (χ1) is 19.3. The molecular formula is C31H38ClN5O3. The number of rotatable bonds is 10. The summed E-state index contributed by atoms with van der Waals surface area (Å²) in [5.41, 5.74) is 5.30. The van der Waals surface area contributed by atoms with Crippen LogP contribution in [0.4, 0.5) is 17.3 Å². The predicted octanol–water partition coefficient (Wildman–Crippen LogP) is 5.72. The van der Waals surface area contributed by atoms with Gasteiger partial charge in [0.25, 0.3) is 0 Å². The number of hydrogen-bond acceptors (Lipinski definition) is 7. The molecule has 0 spiro atoms. The standard InChI is InChI=1S/C31H38ClN5O3/c1-31(2)28-20(7-5-9-26(28)34-29(31)38)10-12-24-23(32)18-33-30(35-24)36-25-13-11-21(17-27(25)40-4)22-8-6-14-37(19-22)15-16-39-3/h5,7,9,11,13,17-18,22H,6,8,10,12,14-16,19H2,1-4H3,(H,34,38)(H,33,35,36). The molecule has 1 saturated heterocycles. The average molecular weight is 564 g/mol. The van der Waals surface area contributed by atoms with E-state index in [0.29, 0.717) is 29.7 Å². The number of aromatic nitrogens is 2. The Morgan fingerprint density at radius 1 is 1.20 bits per heavy atom. The highest BCUT2D eigenvalue weighted by Gasteiger charge is 2.39. The summed E-state index contributed by atoms with van der Waals surface area (Å²) < 4.78 is 11.0. The van der Waals surface area contributed by atoms with E-state index in [2.05, 4.69) is 38.7 Å². The van der Waals surface area contributed by atoms with Crippen LogP contribution in [0.3, 0.4) is 0 Å². The summed E-state index contributed by atoms with van der Waals surface area (Å²) in [4.78, 5) is 24.1. The number of amides is 1. The SMILES string of the molecule is COCCN1CCCC(c2ccc(Nc3ncc(Cl)c(CCc4cccc5c4C(C)(C)C(=O)N5)n3)c(OC)c2)C1. The van der Waals surface area contributed by atoms with Crippen molar-refractivity contribution in [2.45, 2.75) is 50.9 Å². The molecule has 3 aromatic rings. The number of halogens is 1. The van der Waals surface area contributed by atoms with Crippen LogP contribution in [0, 0.1) is 0 Å². The minimum absolute atomic E-state index is 0.0216. The number of carbonyl (C=O) groups excluding carboxylic acids is 1. The van der Waals surface area contributed by atoms with Gasteiger partial charge in [0.05, 0.1) is 41.7 Å². The zero-order valence-electron chi connectivity index (χ0n) is 23.7. The maximum absolute atomic E-state index is 12.5. The van der Waals surface area contributed by atoms with Gasteiger partial charge in [0.2, 0.25) is 11.9 Å². The van der Waals surface area contributed by atoms with Crippen molar-refractivity contribution in [3.63, 3.8) is 0 Å². The second-order valence-corrected chi connectivity index (χ2v) is 11.5. The molecule has 3 heterocycles. The molecule has 40 heavy (non-hydrogen) atoms. The van der Waals surface area contributed by atoms with Gasteiger partial charge in [0.15, 0.2) is 0 Å². The van der Waals surface area contributed by atoms with Gasteiger partial charge in [0.1, 0.15) is 5.75 Å². The van der Waals surface area contributed by atoms with Gasteiger partial charge in [0, 0.05) is 25.9 Å². The first-order valence-corrected chi connectivity index (χ1v) is 14.3. The van der Waals surface area contributed by atoms with Crippen molar-refractivity contribution in [1.29, 1.82) is 0 Å². The Morgan fingerprint density at radius 2 is 2.05 bits per heavy atom. The molecule has 1 unspecified atom stereocenters. The summed E-state index contributed by atoms with van der Waals surface area (Å²) in [5.74, 6) is 1.70. The number of aryl methyl sites for hydroxylation is 2. The Morgan fingerprint density at radius 3 is 2.85 bits per heavy atom. The lowest BCUT2D eigenvalue weighted by Gasteiger charge is -2.33. The summed E-state index contributed by atoms with van der Waals surface area (Å²) in [6.45, 7) is 7.77. The minimum Gasteiger partial charge on any atom is -0.495 e. The van der Waals surface area contributed by atoms with E-state index >= 15 is 0 Å². The number of fused-ring (bicyclic) bond motifs is 1. The maximum atomic E-state index is 12.5. The van der Waals surface area contributed by atoms with Crippen molar-refractivity contribution in [1.82, 2.24) is 14.9 Å². The third kappa shape index (κ3) is 5.94. The molecule has 0 bridgehead atoms. The number of hydrogen-bond donors (Lipinski definition) is 2. The second-order valence-electron chi connectivity index (χ2n) is 11.1. The van der Waals surface area contributed by atoms with E-state index in [4.69, 9.17) is 26.1 Å². The number of benzene rings is 2. The van der Waals surface area contributed by atoms with Crippen LogP contribution < -0.4 is 15.4 Å². The molecule has 2 aliphatic rings. The molecule has 5 rings (SSSR count). The van der Waals surface area contributed by atoms with Gasteiger partial charge in [-0.1, -0.05) is 29.8 Å². The molecule has 0 saturated carbocycles. The highest BCUT2D eigenvalue weighted by atomic mass is 35.5. The summed E-state index contributed by atoms with van der Waals surface area (Å²) >= 11 is 6.51. The van der Waals surface area contributed by atoms with Crippen molar-refractivity contribution in [3.05, 3.63) is 70.0 Å². The lowest BCUT2D eigenvalue weighted by atomic mass is 9.82. The van der Waals surface area contributed by atoms with Gasteiger partial charge < -0.3 is 25.0 Å². The second kappa shape index (κ2) is 12.1. The number of ether oxygens (including phenoxy) is 2. The Kier molecular flexibility index (Phi) is 8.59. The highest BCUT2D eigenvalue weighted by Crippen LogP contribution is 2.40. The fraction of sp³-hybridized carbons (Fsp3) is 0.452. The number of anilines is 3. The quantitative estimate of drug-likeness (QED) is 0.326. The van der Waals surface area contributed by atoms with Crippen LogP contribution in [0.5, 0.6) is 5.75 Å². The zero-order valence-corrected chi connectivity index (χ0v) is 24.5. The number of nitrogens with one attached hydrogen (secondary N) is 2. The number of piperidine rings is 1. The molecule has 2 aromatic carbocycles. The van der Waals surface area contributed by atoms with E-state index < -0.39 is 5.41 Å². The summed E-state index contributed by atoms with van der Waals surface area (Å²) in [7, 11) is 3.44. The largest absolute Gasteiger partial charge is 0.495 e. The van der Waals surface area contributed by atoms with Crippen LogP contribution in [-0.4, -0.2) is 61.2 Å². The van der Waals surface area contributed by atoms with Crippen LogP contribution in [0.15, 0.2) is 42.6 Å². The van der Waals surface area contributed by atoms with Gasteiger partial charge in [-0.05, 0) is 86.9 Å². The summed E-state index contributed by atoms with van der Waals surface area (Å²) in [6, 6.07) is 12.3. The fourth-order valence-electron chi connectivity index (χ4n) is 5.87. The van der Waals surface area contributed by atoms with E-state index in [1.807, 2.05) is 32.0 Å². The normalized spacial score (nSPS) is 18.3. The average Bonchev–Trinajstić information content (AvgIpc) is 3.20. The van der Waals surface area contributed by atoms with E-state index in [0.717, 1.165) is 66.6 Å². The molecule has 212 valence electrons. The third-order valence-corrected chi connectivity index (χ3v) is 8.42. The molecule has 1 fully saturated rings. The topological polar surface area (TPSA) is 88.6 Å². The Hall–Kier alpha value is -3.20. The molecular weight excluding hydrogens is 526 g/mol. The number of methoxy groups -OCH3 is 2. The van der Waals surface area contributed by atoms with E-state index in [-0.39, 0.29) is 5.91 Å². The molecule has 1 amide bonds. The first kappa shape index (κ1) is 28.3. The van der Waals surface area contributed by atoms with Gasteiger partial charge in [-0.15, -0.1) is 0 Å². The van der Waals surface area contributed by atoms with E-state index in [1.165, 1.54) is 12.0 Å². The van der Waals surface area contributed by atoms with E-state index in [9.17, 15) is 4.79 Å². The molecule has 2 aliphatic heterocycles. The van der Waals surface area contributed by atoms with E-state index in [1.54, 1.807) is 20.4 Å². The Labute approximate surface area is 241 Å². The molecule has 2 N–H and O–H groups in total. The van der Waals surface area contributed by atoms with Gasteiger partial charge >= 0.3 is 0 Å². The lowest BCUT2D eigenvalue weighted by Crippen LogP contribution is -2.36. The molecule has 1 aromatic heterocycles. The van der Waals surface area contributed by atoms with Crippen molar-refractivity contribution in [2.24, 2.45) is 0 Å². The van der Waals surface area contributed by atoms with Crippen LogP contribution in [0.1, 0.15) is 55.0 Å². The van der Waals surface area contributed by atoms with Crippen molar-refractivity contribution < 1.29 is 14.3 Å². The maximum Gasteiger partial charge on any atom is 0.234 e. The highest BCUT2D eigenvalue weighted by molar-refractivity contribution is 6.31. The molecule has 0 radical (unpaired) electrons. The van der Waals surface area contributed by atoms with Crippen molar-refractivity contribution in [3.8, 4) is 5.75 Å². The molecule has 8 nitrogen and oxygen atoms in total. The molecule has 9 heteroatoms. The van der Waals surface area contributed by atoms with Gasteiger partial charge in [-0.3, -0.25) is 4.79 Å². The first-order valence-electron chi connectivity index (χ1n) is 13.9. The smallest absolute Gasteiger partial charge is 0.234 e. The van der Waals surface area contributed by atoms with Gasteiger partial charge in [-0.25, -0.2) is 9.97 Å². The van der Waals surface area contributed by atoms with Crippen LogP contribution in [-0.2, 0) is 27.8 Å². The minimum atomic E-state index is -0.573. The monoisotopic (exact) mass is 563 g/mol. The van der Waals surface area contributed by atoms with Crippen molar-refractivity contribution >= 4 is 34.8 Å². The molecule has 0 aliphatic carbocycles. The molecule has 1 atom stereocenters. The van der Waals surface area contributed by atoms with Crippen molar-refractivity contribution in [2.75, 3.05) is 51.1 Å². The van der Waals surface area contributed by atoms with Crippen LogP contribution in [0.25, 0.3) is 0 Å². The van der Waals surface area contributed by atoms with Crippen LogP contribution >= 0.6 is 11.6 Å². The predicted molar refractivity (Wildman–Crippen MR) is 159 cm³/mol. The third-order valence-electron chi connectivity index (χ3n) is 8.10. The Balaban J connectivity index is 1.30. The summed E-state index contributed by atoms with van der Waals surface area (Å²) in [5, 5.41) is 6.85. The number of nitrogens with zero attached hydrogens (tertiary/aromatic N) is 3. The summed E-state index contributed by atoms with van der Waals surface area (Å²) in [6.07, 6.45) is 5.30. The van der Waals surface area contributed by atoms with Gasteiger partial charge in [-0.2, -0.15) is 0 Å². The Bertz CT molecular complexity index is 1380. The number of carbonyl (C=O) groups is 1.